The van der Waals surface area contributed by atoms with Crippen LogP contribution in [-0.4, -0.2) is 29.2 Å². The Morgan fingerprint density at radius 2 is 1.80 bits per heavy atom. The normalized spacial score (nSPS) is 24.2. The van der Waals surface area contributed by atoms with Gasteiger partial charge in [-0.25, -0.2) is 0 Å². The summed E-state index contributed by atoms with van der Waals surface area (Å²) in [6, 6.07) is 7.59. The van der Waals surface area contributed by atoms with Crippen molar-refractivity contribution in [1.29, 1.82) is 0 Å². The van der Waals surface area contributed by atoms with E-state index in [0.717, 1.165) is 35.7 Å². The van der Waals surface area contributed by atoms with Gasteiger partial charge in [-0.3, -0.25) is 19.3 Å². The fraction of sp³-hybridized carbons (Fsp3) is 0.526. The van der Waals surface area contributed by atoms with Gasteiger partial charge in [0.05, 0.1) is 17.9 Å². The minimum Gasteiger partial charge on any atom is -0.349 e. The topological polar surface area (TPSA) is 66.5 Å². The molecule has 1 aromatic rings. The quantitative estimate of drug-likeness (QED) is 0.763. The first-order chi connectivity index (χ1) is 12.0. The van der Waals surface area contributed by atoms with Gasteiger partial charge in [0.2, 0.25) is 17.7 Å². The Hall–Kier alpha value is -1.69. The minimum atomic E-state index is -0.154. The third kappa shape index (κ3) is 3.78. The van der Waals surface area contributed by atoms with Crippen molar-refractivity contribution in [3.05, 3.63) is 34.3 Å². The van der Waals surface area contributed by atoms with Crippen LogP contribution >= 0.6 is 15.9 Å². The number of likely N-dealkylation sites (tertiary alicyclic amines) is 1. The number of imide groups is 1. The van der Waals surface area contributed by atoms with Crippen molar-refractivity contribution in [2.45, 2.75) is 45.1 Å². The Kier molecular flexibility index (Phi) is 5.57. The zero-order valence-electron chi connectivity index (χ0n) is 14.3. The Balaban J connectivity index is 1.55. The zero-order chi connectivity index (χ0) is 18.0. The van der Waals surface area contributed by atoms with E-state index >= 15 is 0 Å². The summed E-state index contributed by atoms with van der Waals surface area (Å²) >= 11 is 3.48. The van der Waals surface area contributed by atoms with E-state index in [0.29, 0.717) is 0 Å². The standard InChI is InChI=1S/C19H23BrN2O3/c1-12(13-6-4-5-9-16(13)20)21-17(23)10-11-22-18(24)14-7-2-3-8-15(14)19(22)25/h4-6,9,12,14-15H,2-3,7-8,10-11H2,1H3,(H,21,23)/t12-,14+,15+/m1/s1. The fourth-order valence-corrected chi connectivity index (χ4v) is 4.51. The summed E-state index contributed by atoms with van der Waals surface area (Å²) in [5.41, 5.74) is 0.996. The van der Waals surface area contributed by atoms with Gasteiger partial charge in [-0.1, -0.05) is 47.0 Å². The molecule has 3 amide bonds. The van der Waals surface area contributed by atoms with Gasteiger partial charge in [0.1, 0.15) is 0 Å². The van der Waals surface area contributed by atoms with Gasteiger partial charge in [0.15, 0.2) is 0 Å². The molecule has 1 saturated heterocycles. The molecule has 2 fully saturated rings. The van der Waals surface area contributed by atoms with Crippen molar-refractivity contribution in [2.75, 3.05) is 6.54 Å². The first-order valence-corrected chi connectivity index (χ1v) is 9.67. The van der Waals surface area contributed by atoms with Gasteiger partial charge >= 0.3 is 0 Å². The number of nitrogens with zero attached hydrogens (tertiary/aromatic N) is 1. The van der Waals surface area contributed by atoms with Crippen molar-refractivity contribution >= 4 is 33.7 Å². The molecule has 2 aliphatic rings. The smallest absolute Gasteiger partial charge is 0.233 e. The Morgan fingerprint density at radius 1 is 1.20 bits per heavy atom. The van der Waals surface area contributed by atoms with Gasteiger partial charge in [-0.05, 0) is 31.4 Å². The summed E-state index contributed by atoms with van der Waals surface area (Å²) < 4.78 is 0.941. The molecule has 1 aliphatic carbocycles. The molecule has 1 heterocycles. The monoisotopic (exact) mass is 406 g/mol. The van der Waals surface area contributed by atoms with E-state index < -0.39 is 0 Å². The Labute approximate surface area is 156 Å². The number of carbonyl (C=O) groups excluding carboxylic acids is 3. The summed E-state index contributed by atoms with van der Waals surface area (Å²) in [5.74, 6) is -0.617. The molecule has 0 radical (unpaired) electrons. The predicted molar refractivity (Wildman–Crippen MR) is 97.5 cm³/mol. The highest BCUT2D eigenvalue weighted by Crippen LogP contribution is 2.38. The van der Waals surface area contributed by atoms with Crippen LogP contribution in [0.4, 0.5) is 0 Å². The average Bonchev–Trinajstić information content (AvgIpc) is 2.85. The number of benzene rings is 1. The van der Waals surface area contributed by atoms with Crippen LogP contribution < -0.4 is 5.32 Å². The number of halogens is 1. The maximum atomic E-state index is 12.4. The second-order valence-corrected chi connectivity index (χ2v) is 7.74. The van der Waals surface area contributed by atoms with E-state index in [-0.39, 0.29) is 48.6 Å². The summed E-state index contributed by atoms with van der Waals surface area (Å²) in [6.07, 6.45) is 3.77. The number of hydrogen-bond acceptors (Lipinski definition) is 3. The molecular formula is C19H23BrN2O3. The molecule has 1 N–H and O–H groups in total. The van der Waals surface area contributed by atoms with Crippen LogP contribution in [0, 0.1) is 11.8 Å². The summed E-state index contributed by atoms with van der Waals surface area (Å²) in [7, 11) is 0. The number of carbonyl (C=O) groups is 3. The van der Waals surface area contributed by atoms with E-state index in [2.05, 4.69) is 21.2 Å². The summed E-state index contributed by atoms with van der Waals surface area (Å²) in [6.45, 7) is 2.10. The Bertz CT molecular complexity index is 667. The fourth-order valence-electron chi connectivity index (χ4n) is 3.88. The minimum absolute atomic E-state index is 0.0821. The molecule has 134 valence electrons. The lowest BCUT2D eigenvalue weighted by atomic mass is 9.81. The largest absolute Gasteiger partial charge is 0.349 e. The maximum Gasteiger partial charge on any atom is 0.233 e. The van der Waals surface area contributed by atoms with E-state index in [1.807, 2.05) is 31.2 Å². The van der Waals surface area contributed by atoms with Crippen LogP contribution in [0.15, 0.2) is 28.7 Å². The zero-order valence-corrected chi connectivity index (χ0v) is 15.9. The van der Waals surface area contributed by atoms with E-state index in [4.69, 9.17) is 0 Å². The number of hydrogen-bond donors (Lipinski definition) is 1. The van der Waals surface area contributed by atoms with Crippen LogP contribution in [0.1, 0.15) is 50.6 Å². The van der Waals surface area contributed by atoms with Crippen molar-refractivity contribution in [1.82, 2.24) is 10.2 Å². The molecule has 0 unspecified atom stereocenters. The summed E-state index contributed by atoms with van der Waals surface area (Å²) in [4.78, 5) is 38.4. The second-order valence-electron chi connectivity index (χ2n) is 6.89. The van der Waals surface area contributed by atoms with Crippen LogP contribution in [-0.2, 0) is 14.4 Å². The third-order valence-corrected chi connectivity index (χ3v) is 5.97. The molecule has 6 heteroatoms. The van der Waals surface area contributed by atoms with Crippen molar-refractivity contribution < 1.29 is 14.4 Å². The van der Waals surface area contributed by atoms with Gasteiger partial charge in [0.25, 0.3) is 0 Å². The van der Waals surface area contributed by atoms with E-state index in [1.165, 1.54) is 4.90 Å². The molecule has 5 nitrogen and oxygen atoms in total. The van der Waals surface area contributed by atoms with Crippen molar-refractivity contribution in [3.63, 3.8) is 0 Å². The number of nitrogens with one attached hydrogen (secondary N) is 1. The van der Waals surface area contributed by atoms with Crippen molar-refractivity contribution in [3.8, 4) is 0 Å². The third-order valence-electron chi connectivity index (χ3n) is 5.24. The molecule has 25 heavy (non-hydrogen) atoms. The molecule has 3 atom stereocenters. The summed E-state index contributed by atoms with van der Waals surface area (Å²) in [5, 5.41) is 2.94. The van der Waals surface area contributed by atoms with Crippen LogP contribution in [0.25, 0.3) is 0 Å². The highest BCUT2D eigenvalue weighted by molar-refractivity contribution is 9.10. The van der Waals surface area contributed by atoms with Gasteiger partial charge in [-0.15, -0.1) is 0 Å². The lowest BCUT2D eigenvalue weighted by Gasteiger charge is -2.19. The number of amides is 3. The van der Waals surface area contributed by atoms with Gasteiger partial charge in [-0.2, -0.15) is 0 Å². The Morgan fingerprint density at radius 3 is 2.40 bits per heavy atom. The molecule has 0 bridgehead atoms. The van der Waals surface area contributed by atoms with Gasteiger partial charge < -0.3 is 5.32 Å². The number of fused-ring (bicyclic) bond motifs is 1. The van der Waals surface area contributed by atoms with E-state index in [1.54, 1.807) is 0 Å². The van der Waals surface area contributed by atoms with Crippen LogP contribution in [0.2, 0.25) is 0 Å². The predicted octanol–water partition coefficient (Wildman–Crippen LogP) is 3.19. The molecular weight excluding hydrogens is 384 g/mol. The molecule has 0 aromatic heterocycles. The number of rotatable bonds is 5. The molecule has 1 aliphatic heterocycles. The molecule has 3 rings (SSSR count). The highest BCUT2D eigenvalue weighted by Gasteiger charge is 2.47. The van der Waals surface area contributed by atoms with E-state index in [9.17, 15) is 14.4 Å². The lowest BCUT2D eigenvalue weighted by Crippen LogP contribution is -2.36. The van der Waals surface area contributed by atoms with Crippen LogP contribution in [0.3, 0.4) is 0 Å². The van der Waals surface area contributed by atoms with Crippen LogP contribution in [0.5, 0.6) is 0 Å². The first kappa shape index (κ1) is 18.1. The SMILES string of the molecule is C[C@@H](NC(=O)CCN1C(=O)[C@H]2CCCC[C@@H]2C1=O)c1ccccc1Br. The molecule has 1 saturated carbocycles. The van der Waals surface area contributed by atoms with Gasteiger partial charge in [0, 0.05) is 17.4 Å². The second kappa shape index (κ2) is 7.68. The average molecular weight is 407 g/mol. The molecule has 1 aromatic carbocycles. The van der Waals surface area contributed by atoms with Crippen molar-refractivity contribution in [2.24, 2.45) is 11.8 Å². The first-order valence-electron chi connectivity index (χ1n) is 8.88. The lowest BCUT2D eigenvalue weighted by molar-refractivity contribution is -0.140. The molecule has 0 spiro atoms. The highest BCUT2D eigenvalue weighted by atomic mass is 79.9. The maximum absolute atomic E-state index is 12.4.